The average molecular weight is 287 g/mol. The summed E-state index contributed by atoms with van der Waals surface area (Å²) in [5.74, 6) is 0.122. The fraction of sp³-hybridized carbons (Fsp3) is 0.400. The van der Waals surface area contributed by atoms with E-state index in [0.29, 0.717) is 11.7 Å². The van der Waals surface area contributed by atoms with Gasteiger partial charge in [0.15, 0.2) is 5.82 Å². The van der Waals surface area contributed by atoms with Crippen LogP contribution in [0.15, 0.2) is 39.6 Å². The smallest absolute Gasteiger partial charge is 0.352 e. The summed E-state index contributed by atoms with van der Waals surface area (Å²) in [5.41, 5.74) is 0.742. The monoisotopic (exact) mass is 287 g/mol. The molecule has 1 atom stereocenters. The van der Waals surface area contributed by atoms with Crippen molar-refractivity contribution in [1.29, 1.82) is 0 Å². The highest BCUT2D eigenvalue weighted by molar-refractivity contribution is 5.76. The lowest BCUT2D eigenvalue weighted by Crippen LogP contribution is -2.38. The van der Waals surface area contributed by atoms with E-state index >= 15 is 0 Å². The largest absolute Gasteiger partial charge is 0.442 e. The van der Waals surface area contributed by atoms with Gasteiger partial charge in [-0.25, -0.2) is 9.36 Å². The number of nitrogens with one attached hydrogen (secondary N) is 1. The molecule has 1 N–H and O–H groups in total. The Labute approximate surface area is 121 Å². The molecular weight excluding hydrogens is 270 g/mol. The van der Waals surface area contributed by atoms with Gasteiger partial charge in [0.25, 0.3) is 0 Å². The molecule has 1 aromatic carbocycles. The first-order valence-electron chi connectivity index (χ1n) is 7.06. The molecule has 6 heteroatoms. The Bertz CT molecular complexity index is 686. The molecule has 2 aromatic rings. The number of hydrogen-bond acceptors (Lipinski definition) is 4. The van der Waals surface area contributed by atoms with Gasteiger partial charge in [0, 0.05) is 11.6 Å². The fourth-order valence-electron chi connectivity index (χ4n) is 2.36. The van der Waals surface area contributed by atoms with Gasteiger partial charge < -0.3 is 5.32 Å². The zero-order chi connectivity index (χ0) is 14.8. The van der Waals surface area contributed by atoms with Gasteiger partial charge in [-0.3, -0.25) is 9.32 Å². The number of hydrogen-bond donors (Lipinski definition) is 1. The molecule has 6 nitrogen and oxygen atoms in total. The lowest BCUT2D eigenvalue weighted by atomic mass is 10.2. The Morgan fingerprint density at radius 2 is 2.14 bits per heavy atom. The molecule has 0 saturated heterocycles. The lowest BCUT2D eigenvalue weighted by molar-refractivity contribution is -0.122. The van der Waals surface area contributed by atoms with Gasteiger partial charge in [-0.1, -0.05) is 35.5 Å². The Kier molecular flexibility index (Phi) is 3.60. The Morgan fingerprint density at radius 1 is 1.43 bits per heavy atom. The van der Waals surface area contributed by atoms with Crippen LogP contribution in [-0.2, 0) is 11.3 Å². The van der Waals surface area contributed by atoms with Crippen LogP contribution in [0.3, 0.4) is 0 Å². The fourth-order valence-corrected chi connectivity index (χ4v) is 2.36. The summed E-state index contributed by atoms with van der Waals surface area (Å²) in [6.07, 6.45) is 2.31. The molecule has 1 aliphatic rings. The van der Waals surface area contributed by atoms with Crippen LogP contribution in [0.2, 0.25) is 0 Å². The molecule has 3 rings (SSSR count). The molecule has 110 valence electrons. The van der Waals surface area contributed by atoms with Crippen LogP contribution in [0.1, 0.15) is 19.8 Å². The number of carbonyl (C=O) groups excluding carboxylic acids is 1. The second kappa shape index (κ2) is 5.55. The van der Waals surface area contributed by atoms with E-state index < -0.39 is 5.76 Å². The summed E-state index contributed by atoms with van der Waals surface area (Å²) in [5, 5.41) is 6.68. The molecule has 0 radical (unpaired) electrons. The molecule has 0 aliphatic heterocycles. The van der Waals surface area contributed by atoms with E-state index in [1.165, 1.54) is 4.57 Å². The molecule has 1 aromatic heterocycles. The third kappa shape index (κ3) is 3.04. The Balaban J connectivity index is 1.77. The number of nitrogens with zero attached hydrogens (tertiary/aromatic N) is 2. The number of carbonyl (C=O) groups is 1. The summed E-state index contributed by atoms with van der Waals surface area (Å²) in [7, 11) is 0. The van der Waals surface area contributed by atoms with Crippen molar-refractivity contribution in [2.45, 2.75) is 32.4 Å². The first-order valence-corrected chi connectivity index (χ1v) is 7.06. The minimum Gasteiger partial charge on any atom is -0.352 e. The normalized spacial score (nSPS) is 15.7. The summed E-state index contributed by atoms with van der Waals surface area (Å²) >= 11 is 0. The molecule has 0 unspecified atom stereocenters. The zero-order valence-electron chi connectivity index (χ0n) is 11.8. The summed E-state index contributed by atoms with van der Waals surface area (Å²) < 4.78 is 5.95. The van der Waals surface area contributed by atoms with Crippen molar-refractivity contribution in [3.63, 3.8) is 0 Å². The molecular formula is C15H17N3O3. The molecule has 1 amide bonds. The van der Waals surface area contributed by atoms with Crippen molar-refractivity contribution in [3.05, 3.63) is 40.9 Å². The van der Waals surface area contributed by atoms with E-state index in [9.17, 15) is 9.59 Å². The predicted octanol–water partition coefficient (Wildman–Crippen LogP) is 1.42. The predicted molar refractivity (Wildman–Crippen MR) is 76.5 cm³/mol. The van der Waals surface area contributed by atoms with Crippen molar-refractivity contribution in [1.82, 2.24) is 15.0 Å². The third-order valence-corrected chi connectivity index (χ3v) is 3.74. The molecule has 1 fully saturated rings. The second-order valence-corrected chi connectivity index (χ2v) is 5.42. The maximum absolute atomic E-state index is 12.0. The lowest BCUT2D eigenvalue weighted by Gasteiger charge is -2.12. The first-order chi connectivity index (χ1) is 10.1. The molecule has 0 bridgehead atoms. The van der Waals surface area contributed by atoms with E-state index in [0.717, 1.165) is 18.4 Å². The number of benzene rings is 1. The zero-order valence-corrected chi connectivity index (χ0v) is 11.8. The van der Waals surface area contributed by atoms with Gasteiger partial charge in [-0.15, -0.1) is 0 Å². The number of aromatic nitrogens is 2. The van der Waals surface area contributed by atoms with Crippen molar-refractivity contribution in [3.8, 4) is 11.4 Å². The van der Waals surface area contributed by atoms with Gasteiger partial charge in [-0.2, -0.15) is 0 Å². The van der Waals surface area contributed by atoms with Gasteiger partial charge in [0.1, 0.15) is 6.54 Å². The van der Waals surface area contributed by atoms with Crippen LogP contribution in [0.4, 0.5) is 0 Å². The van der Waals surface area contributed by atoms with Gasteiger partial charge in [-0.05, 0) is 25.7 Å². The van der Waals surface area contributed by atoms with Gasteiger partial charge in [0.05, 0.1) is 0 Å². The second-order valence-electron chi connectivity index (χ2n) is 5.42. The maximum atomic E-state index is 12.0. The summed E-state index contributed by atoms with van der Waals surface area (Å²) in [6, 6.07) is 9.34. The van der Waals surface area contributed by atoms with Crippen LogP contribution >= 0.6 is 0 Å². The van der Waals surface area contributed by atoms with Crippen LogP contribution in [0.5, 0.6) is 0 Å². The first kappa shape index (κ1) is 13.6. The Morgan fingerprint density at radius 3 is 2.81 bits per heavy atom. The molecule has 1 saturated carbocycles. The van der Waals surface area contributed by atoms with Gasteiger partial charge in [0.2, 0.25) is 5.91 Å². The number of rotatable bonds is 5. The van der Waals surface area contributed by atoms with Crippen LogP contribution in [0, 0.1) is 5.92 Å². The van der Waals surface area contributed by atoms with Crippen molar-refractivity contribution >= 4 is 5.91 Å². The van der Waals surface area contributed by atoms with E-state index in [4.69, 9.17) is 4.52 Å². The maximum Gasteiger partial charge on any atom is 0.442 e. The third-order valence-electron chi connectivity index (χ3n) is 3.74. The Hall–Kier alpha value is -2.37. The van der Waals surface area contributed by atoms with Crippen molar-refractivity contribution in [2.75, 3.05) is 0 Å². The van der Waals surface area contributed by atoms with Gasteiger partial charge >= 0.3 is 5.76 Å². The minimum absolute atomic E-state index is 0.0797. The van der Waals surface area contributed by atoms with E-state index in [-0.39, 0.29) is 18.5 Å². The number of amides is 1. The van der Waals surface area contributed by atoms with Crippen molar-refractivity contribution in [2.24, 2.45) is 5.92 Å². The average Bonchev–Trinajstić information content (AvgIpc) is 3.27. The quantitative estimate of drug-likeness (QED) is 0.902. The molecule has 1 heterocycles. The highest BCUT2D eigenvalue weighted by Gasteiger charge is 2.29. The van der Waals surface area contributed by atoms with Crippen LogP contribution < -0.4 is 11.1 Å². The topological polar surface area (TPSA) is 77.1 Å². The molecule has 1 aliphatic carbocycles. The molecule has 0 spiro atoms. The van der Waals surface area contributed by atoms with Crippen molar-refractivity contribution < 1.29 is 9.32 Å². The van der Waals surface area contributed by atoms with E-state index in [1.807, 2.05) is 37.3 Å². The standard InChI is InChI=1S/C15H17N3O3/c1-10(11-7-8-11)16-13(19)9-18-14(17-21-15(18)20)12-5-3-2-4-6-12/h2-6,10-11H,7-9H2,1H3,(H,16,19)/t10-/m0/s1. The molecule has 21 heavy (non-hydrogen) atoms. The SMILES string of the molecule is C[C@H](NC(=O)Cn1c(-c2ccccc2)noc1=O)C1CC1. The van der Waals surface area contributed by atoms with E-state index in [2.05, 4.69) is 10.5 Å². The summed E-state index contributed by atoms with van der Waals surface area (Å²) in [4.78, 5) is 23.8. The highest BCUT2D eigenvalue weighted by Crippen LogP contribution is 2.32. The highest BCUT2D eigenvalue weighted by atomic mass is 16.5. The van der Waals surface area contributed by atoms with Crippen LogP contribution in [0.25, 0.3) is 11.4 Å². The summed E-state index contributed by atoms with van der Waals surface area (Å²) in [6.45, 7) is 1.91. The minimum atomic E-state index is -0.622. The van der Waals surface area contributed by atoms with Crippen LogP contribution in [-0.4, -0.2) is 21.7 Å². The van der Waals surface area contributed by atoms with E-state index in [1.54, 1.807) is 0 Å².